The SMILES string of the molecule is CCCCCCCCOC(Br)c1ccccc1. The van der Waals surface area contributed by atoms with Gasteiger partial charge in [0.2, 0.25) is 0 Å². The van der Waals surface area contributed by atoms with Crippen molar-refractivity contribution in [1.29, 1.82) is 0 Å². The lowest BCUT2D eigenvalue weighted by molar-refractivity contribution is 0.114. The summed E-state index contributed by atoms with van der Waals surface area (Å²) >= 11 is 3.56. The van der Waals surface area contributed by atoms with E-state index in [0.29, 0.717) is 0 Å². The molecule has 1 rings (SSSR count). The fourth-order valence-electron chi connectivity index (χ4n) is 1.77. The molecule has 0 spiro atoms. The molecule has 1 aromatic carbocycles. The first-order chi connectivity index (χ1) is 8.34. The smallest absolute Gasteiger partial charge is 0.137 e. The molecule has 0 saturated heterocycles. The zero-order valence-electron chi connectivity index (χ0n) is 10.7. The van der Waals surface area contributed by atoms with Crippen LogP contribution < -0.4 is 0 Å². The molecule has 0 radical (unpaired) electrons. The zero-order valence-corrected chi connectivity index (χ0v) is 12.3. The Kier molecular flexibility index (Phi) is 8.37. The number of hydrogen-bond acceptors (Lipinski definition) is 1. The van der Waals surface area contributed by atoms with Crippen LogP contribution in [0.4, 0.5) is 0 Å². The number of ether oxygens (including phenoxy) is 1. The molecule has 0 aliphatic rings. The molecular formula is C15H23BrO. The predicted octanol–water partition coefficient (Wildman–Crippen LogP) is 5.46. The lowest BCUT2D eigenvalue weighted by Gasteiger charge is -2.11. The molecule has 0 aromatic heterocycles. The second-order valence-corrected chi connectivity index (χ2v) is 5.20. The van der Waals surface area contributed by atoms with E-state index in [4.69, 9.17) is 4.74 Å². The number of unbranched alkanes of at least 4 members (excludes halogenated alkanes) is 5. The van der Waals surface area contributed by atoms with Crippen molar-refractivity contribution in [3.05, 3.63) is 35.9 Å². The van der Waals surface area contributed by atoms with Gasteiger partial charge in [-0.1, -0.05) is 85.3 Å². The van der Waals surface area contributed by atoms with Gasteiger partial charge in [0.25, 0.3) is 0 Å². The summed E-state index contributed by atoms with van der Waals surface area (Å²) in [4.78, 5) is 0. The predicted molar refractivity (Wildman–Crippen MR) is 77.4 cm³/mol. The van der Waals surface area contributed by atoms with E-state index in [0.717, 1.165) is 6.61 Å². The summed E-state index contributed by atoms with van der Waals surface area (Å²) in [6, 6.07) is 10.3. The Morgan fingerprint density at radius 3 is 2.35 bits per heavy atom. The van der Waals surface area contributed by atoms with Gasteiger partial charge >= 0.3 is 0 Å². The van der Waals surface area contributed by atoms with Crippen LogP contribution in [0.5, 0.6) is 0 Å². The van der Waals surface area contributed by atoms with Crippen LogP contribution in [0.3, 0.4) is 0 Å². The van der Waals surface area contributed by atoms with Crippen LogP contribution in [0.2, 0.25) is 0 Å². The molecule has 0 amide bonds. The molecule has 2 heteroatoms. The summed E-state index contributed by atoms with van der Waals surface area (Å²) in [5, 5.41) is 0.0411. The minimum absolute atomic E-state index is 0.0411. The van der Waals surface area contributed by atoms with Gasteiger partial charge in [-0.25, -0.2) is 0 Å². The van der Waals surface area contributed by atoms with E-state index in [1.807, 2.05) is 18.2 Å². The highest BCUT2D eigenvalue weighted by Crippen LogP contribution is 2.23. The Balaban J connectivity index is 2.03. The molecule has 1 atom stereocenters. The monoisotopic (exact) mass is 298 g/mol. The highest BCUT2D eigenvalue weighted by Gasteiger charge is 2.05. The van der Waals surface area contributed by atoms with Gasteiger partial charge in [0.15, 0.2) is 0 Å². The molecule has 0 aliphatic carbocycles. The van der Waals surface area contributed by atoms with Crippen molar-refractivity contribution in [3.63, 3.8) is 0 Å². The maximum absolute atomic E-state index is 5.75. The van der Waals surface area contributed by atoms with Crippen LogP contribution in [0, 0.1) is 0 Å². The molecule has 0 N–H and O–H groups in total. The Morgan fingerprint density at radius 2 is 1.65 bits per heavy atom. The third-order valence-corrected chi connectivity index (χ3v) is 3.62. The molecule has 1 nitrogen and oxygen atoms in total. The summed E-state index contributed by atoms with van der Waals surface area (Å²) in [6.45, 7) is 3.09. The van der Waals surface area contributed by atoms with E-state index in [9.17, 15) is 0 Å². The van der Waals surface area contributed by atoms with Gasteiger partial charge < -0.3 is 4.74 Å². The highest BCUT2D eigenvalue weighted by molar-refractivity contribution is 9.09. The van der Waals surface area contributed by atoms with Crippen LogP contribution in [-0.2, 0) is 4.74 Å². The molecule has 1 aromatic rings. The number of benzene rings is 1. The fraction of sp³-hybridized carbons (Fsp3) is 0.600. The lowest BCUT2D eigenvalue weighted by Crippen LogP contribution is -1.98. The zero-order chi connectivity index (χ0) is 12.3. The van der Waals surface area contributed by atoms with Crippen molar-refractivity contribution >= 4 is 15.9 Å². The van der Waals surface area contributed by atoms with Crippen molar-refractivity contribution in [1.82, 2.24) is 0 Å². The Labute approximate surface area is 114 Å². The number of halogens is 1. The Bertz CT molecular complexity index is 274. The van der Waals surface area contributed by atoms with E-state index in [1.165, 1.54) is 44.1 Å². The maximum atomic E-state index is 5.75. The minimum atomic E-state index is 0.0411. The van der Waals surface area contributed by atoms with Crippen molar-refractivity contribution < 1.29 is 4.74 Å². The highest BCUT2D eigenvalue weighted by atomic mass is 79.9. The first-order valence-corrected chi connectivity index (χ1v) is 7.56. The van der Waals surface area contributed by atoms with Crippen molar-refractivity contribution in [2.45, 2.75) is 50.5 Å². The van der Waals surface area contributed by atoms with Crippen molar-refractivity contribution in [3.8, 4) is 0 Å². The Hall–Kier alpha value is -0.340. The summed E-state index contributed by atoms with van der Waals surface area (Å²) in [5.41, 5.74) is 1.19. The van der Waals surface area contributed by atoms with Gasteiger partial charge in [-0.3, -0.25) is 0 Å². The van der Waals surface area contributed by atoms with Gasteiger partial charge in [0.1, 0.15) is 5.01 Å². The van der Waals surface area contributed by atoms with Gasteiger partial charge in [0, 0.05) is 6.61 Å². The number of alkyl halides is 1. The molecule has 0 saturated carbocycles. The van der Waals surface area contributed by atoms with Crippen molar-refractivity contribution in [2.75, 3.05) is 6.61 Å². The molecule has 0 bridgehead atoms. The van der Waals surface area contributed by atoms with Crippen LogP contribution in [0.25, 0.3) is 0 Å². The summed E-state index contributed by atoms with van der Waals surface area (Å²) in [5.74, 6) is 0. The van der Waals surface area contributed by atoms with E-state index in [2.05, 4.69) is 35.0 Å². The second-order valence-electron chi connectivity index (χ2n) is 4.37. The molecule has 1 unspecified atom stereocenters. The molecule has 0 heterocycles. The summed E-state index contributed by atoms with van der Waals surface area (Å²) in [6.07, 6.45) is 7.84. The lowest BCUT2D eigenvalue weighted by atomic mass is 10.1. The average Bonchev–Trinajstić information content (AvgIpc) is 2.38. The molecule has 17 heavy (non-hydrogen) atoms. The largest absolute Gasteiger partial charge is 0.362 e. The van der Waals surface area contributed by atoms with Crippen molar-refractivity contribution in [2.24, 2.45) is 0 Å². The van der Waals surface area contributed by atoms with E-state index in [1.54, 1.807) is 0 Å². The normalized spacial score (nSPS) is 12.6. The maximum Gasteiger partial charge on any atom is 0.137 e. The van der Waals surface area contributed by atoms with Gasteiger partial charge in [-0.2, -0.15) is 0 Å². The van der Waals surface area contributed by atoms with Gasteiger partial charge in [0.05, 0.1) is 0 Å². The second kappa shape index (κ2) is 9.67. The molecular weight excluding hydrogens is 276 g/mol. The van der Waals surface area contributed by atoms with Crippen LogP contribution >= 0.6 is 15.9 Å². The van der Waals surface area contributed by atoms with E-state index in [-0.39, 0.29) is 5.01 Å². The molecule has 96 valence electrons. The third kappa shape index (κ3) is 6.85. The van der Waals surface area contributed by atoms with Crippen LogP contribution in [0.1, 0.15) is 56.0 Å². The standard InChI is InChI=1S/C15H23BrO/c1-2-3-4-5-6-10-13-17-15(16)14-11-8-7-9-12-14/h7-9,11-12,15H,2-6,10,13H2,1H3. The molecule has 0 aliphatic heterocycles. The topological polar surface area (TPSA) is 9.23 Å². The average molecular weight is 299 g/mol. The molecule has 0 fully saturated rings. The summed E-state index contributed by atoms with van der Waals surface area (Å²) in [7, 11) is 0. The quantitative estimate of drug-likeness (QED) is 0.435. The van der Waals surface area contributed by atoms with Gasteiger partial charge in [-0.15, -0.1) is 0 Å². The fourth-order valence-corrected chi connectivity index (χ4v) is 2.26. The number of rotatable bonds is 9. The van der Waals surface area contributed by atoms with Gasteiger partial charge in [-0.05, 0) is 12.0 Å². The number of hydrogen-bond donors (Lipinski definition) is 0. The van der Waals surface area contributed by atoms with Crippen LogP contribution in [-0.4, -0.2) is 6.61 Å². The van der Waals surface area contributed by atoms with Crippen LogP contribution in [0.15, 0.2) is 30.3 Å². The van der Waals surface area contributed by atoms with E-state index < -0.39 is 0 Å². The first-order valence-electron chi connectivity index (χ1n) is 6.65. The Morgan fingerprint density at radius 1 is 1.00 bits per heavy atom. The van der Waals surface area contributed by atoms with E-state index >= 15 is 0 Å². The summed E-state index contributed by atoms with van der Waals surface area (Å²) < 4.78 is 5.75. The third-order valence-electron chi connectivity index (χ3n) is 2.82. The minimum Gasteiger partial charge on any atom is -0.362 e. The first kappa shape index (κ1) is 14.7.